The van der Waals surface area contributed by atoms with Crippen LogP contribution >= 0.6 is 27.5 Å². The van der Waals surface area contributed by atoms with Crippen LogP contribution in [-0.4, -0.2) is 11.9 Å². The van der Waals surface area contributed by atoms with E-state index in [-0.39, 0.29) is 12.4 Å². The molecule has 104 valence electrons. The predicted molar refractivity (Wildman–Crippen MR) is 75.7 cm³/mol. The fraction of sp³-hybridized carbons (Fsp3) is 0.143. The molecule has 2 aromatic carbocycles. The van der Waals surface area contributed by atoms with E-state index in [1.807, 2.05) is 0 Å². The fourth-order valence-electron chi connectivity index (χ4n) is 2.05. The number of benzene rings is 2. The lowest BCUT2D eigenvalue weighted by Crippen LogP contribution is -2.03. The largest absolute Gasteiger partial charge is 0.454 e. The first kappa shape index (κ1) is 13.7. The Labute approximate surface area is 128 Å². The number of aliphatic hydroxyl groups excluding tert-OH is 1. The Hall–Kier alpha value is -1.30. The average molecular weight is 360 g/mol. The zero-order chi connectivity index (χ0) is 14.3. The van der Waals surface area contributed by atoms with E-state index in [2.05, 4.69) is 15.9 Å². The van der Waals surface area contributed by atoms with Crippen molar-refractivity contribution in [1.82, 2.24) is 0 Å². The molecule has 1 aliphatic heterocycles. The average Bonchev–Trinajstić information content (AvgIpc) is 2.89. The molecule has 0 spiro atoms. The Bertz CT molecular complexity index is 678. The van der Waals surface area contributed by atoms with E-state index < -0.39 is 11.9 Å². The lowest BCUT2D eigenvalue weighted by molar-refractivity contribution is 0.173. The second-order valence-electron chi connectivity index (χ2n) is 4.30. The Morgan fingerprint density at radius 2 is 2.05 bits per heavy atom. The molecule has 0 saturated carbocycles. The van der Waals surface area contributed by atoms with Gasteiger partial charge in [-0.15, -0.1) is 0 Å². The van der Waals surface area contributed by atoms with E-state index >= 15 is 0 Å². The second-order valence-corrected chi connectivity index (χ2v) is 5.63. The number of hydrogen-bond donors (Lipinski definition) is 1. The van der Waals surface area contributed by atoms with Crippen molar-refractivity contribution in [1.29, 1.82) is 0 Å². The summed E-state index contributed by atoms with van der Waals surface area (Å²) in [6.07, 6.45) is -1.14. The number of aliphatic hydroxyl groups is 1. The van der Waals surface area contributed by atoms with Gasteiger partial charge in [0.15, 0.2) is 11.5 Å². The molecule has 1 unspecified atom stereocenters. The summed E-state index contributed by atoms with van der Waals surface area (Å²) in [5.41, 5.74) is 0.602. The van der Waals surface area contributed by atoms with Crippen LogP contribution < -0.4 is 9.47 Å². The van der Waals surface area contributed by atoms with Gasteiger partial charge in [-0.3, -0.25) is 0 Å². The van der Waals surface area contributed by atoms with E-state index in [0.717, 1.165) is 0 Å². The number of hydrogen-bond acceptors (Lipinski definition) is 3. The summed E-state index contributed by atoms with van der Waals surface area (Å²) in [5, 5.41) is 10.7. The molecule has 3 rings (SSSR count). The number of halogens is 3. The molecule has 20 heavy (non-hydrogen) atoms. The smallest absolute Gasteiger partial charge is 0.231 e. The summed E-state index contributed by atoms with van der Waals surface area (Å²) < 4.78 is 24.9. The van der Waals surface area contributed by atoms with Crippen LogP contribution in [0.3, 0.4) is 0 Å². The molecule has 0 amide bonds. The van der Waals surface area contributed by atoms with E-state index in [1.54, 1.807) is 18.2 Å². The number of ether oxygens (including phenoxy) is 2. The minimum absolute atomic E-state index is 0.0832. The molecule has 0 bridgehead atoms. The van der Waals surface area contributed by atoms with E-state index in [0.29, 0.717) is 26.6 Å². The molecule has 0 fully saturated rings. The topological polar surface area (TPSA) is 38.7 Å². The maximum atomic E-state index is 13.8. The monoisotopic (exact) mass is 358 g/mol. The molecule has 2 aromatic rings. The molecule has 3 nitrogen and oxygen atoms in total. The third-order valence-corrected chi connectivity index (χ3v) is 3.79. The van der Waals surface area contributed by atoms with Crippen molar-refractivity contribution >= 4 is 27.5 Å². The van der Waals surface area contributed by atoms with E-state index in [4.69, 9.17) is 21.1 Å². The zero-order valence-corrected chi connectivity index (χ0v) is 12.4. The highest BCUT2D eigenvalue weighted by Gasteiger charge is 2.23. The highest BCUT2D eigenvalue weighted by atomic mass is 79.9. The molecule has 1 heterocycles. The SMILES string of the molecule is OC(c1cc(Cl)c2c(c1)OCO2)c1cc(Br)ccc1F. The third kappa shape index (κ3) is 2.37. The van der Waals surface area contributed by atoms with Crippen LogP contribution in [0.5, 0.6) is 11.5 Å². The molecule has 1 aliphatic rings. The lowest BCUT2D eigenvalue weighted by Gasteiger charge is -2.14. The minimum Gasteiger partial charge on any atom is -0.454 e. The van der Waals surface area contributed by atoms with Gasteiger partial charge in [-0.05, 0) is 35.9 Å². The van der Waals surface area contributed by atoms with Gasteiger partial charge in [0.25, 0.3) is 0 Å². The Morgan fingerprint density at radius 3 is 2.85 bits per heavy atom. The standard InChI is InChI=1S/C14H9BrClFO3/c15-8-1-2-11(17)9(5-8)13(18)7-3-10(16)14-12(4-7)19-6-20-14/h1-5,13,18H,6H2. The molecule has 1 atom stereocenters. The molecular formula is C14H9BrClFO3. The van der Waals surface area contributed by atoms with Crippen LogP contribution in [0.4, 0.5) is 4.39 Å². The van der Waals surface area contributed by atoms with Gasteiger partial charge in [0.1, 0.15) is 11.9 Å². The van der Waals surface area contributed by atoms with Crippen molar-refractivity contribution in [3.05, 3.63) is 56.8 Å². The molecule has 0 aromatic heterocycles. The molecule has 0 aliphatic carbocycles. The maximum absolute atomic E-state index is 13.8. The summed E-state index contributed by atoms with van der Waals surface area (Å²) in [5.74, 6) is 0.397. The summed E-state index contributed by atoms with van der Waals surface area (Å²) in [7, 11) is 0. The molecular weight excluding hydrogens is 351 g/mol. The van der Waals surface area contributed by atoms with Gasteiger partial charge in [-0.2, -0.15) is 0 Å². The quantitative estimate of drug-likeness (QED) is 0.879. The Kier molecular flexibility index (Phi) is 3.58. The first-order valence-corrected chi connectivity index (χ1v) is 6.95. The maximum Gasteiger partial charge on any atom is 0.231 e. The normalized spacial score (nSPS) is 14.4. The summed E-state index contributed by atoms with van der Waals surface area (Å²) in [6, 6.07) is 7.52. The van der Waals surface area contributed by atoms with Crippen molar-refractivity contribution in [2.45, 2.75) is 6.10 Å². The van der Waals surface area contributed by atoms with Crippen LogP contribution in [0.25, 0.3) is 0 Å². The van der Waals surface area contributed by atoms with Crippen LogP contribution in [0.2, 0.25) is 5.02 Å². The van der Waals surface area contributed by atoms with Crippen LogP contribution in [0, 0.1) is 5.82 Å². The summed E-state index contributed by atoms with van der Waals surface area (Å²) in [4.78, 5) is 0. The highest BCUT2D eigenvalue weighted by Crippen LogP contribution is 2.42. The Morgan fingerprint density at radius 1 is 1.25 bits per heavy atom. The van der Waals surface area contributed by atoms with Gasteiger partial charge in [-0.25, -0.2) is 4.39 Å². The van der Waals surface area contributed by atoms with Gasteiger partial charge in [0, 0.05) is 10.0 Å². The minimum atomic E-state index is -1.14. The van der Waals surface area contributed by atoms with Crippen LogP contribution in [-0.2, 0) is 0 Å². The number of fused-ring (bicyclic) bond motifs is 1. The lowest BCUT2D eigenvalue weighted by atomic mass is 10.0. The van der Waals surface area contributed by atoms with Crippen molar-refractivity contribution in [2.75, 3.05) is 6.79 Å². The van der Waals surface area contributed by atoms with E-state index in [1.165, 1.54) is 12.1 Å². The predicted octanol–water partition coefficient (Wildman–Crippen LogP) is 4.05. The molecule has 1 N–H and O–H groups in total. The molecule has 0 saturated heterocycles. The Balaban J connectivity index is 2.04. The van der Waals surface area contributed by atoms with Gasteiger partial charge in [0.05, 0.1) is 5.02 Å². The second kappa shape index (κ2) is 5.24. The highest BCUT2D eigenvalue weighted by molar-refractivity contribution is 9.10. The van der Waals surface area contributed by atoms with Crippen molar-refractivity contribution < 1.29 is 19.0 Å². The number of rotatable bonds is 2. The van der Waals surface area contributed by atoms with Crippen molar-refractivity contribution in [3.63, 3.8) is 0 Å². The van der Waals surface area contributed by atoms with Gasteiger partial charge in [0.2, 0.25) is 6.79 Å². The van der Waals surface area contributed by atoms with E-state index in [9.17, 15) is 9.50 Å². The zero-order valence-electron chi connectivity index (χ0n) is 10.1. The van der Waals surface area contributed by atoms with Crippen LogP contribution in [0.15, 0.2) is 34.8 Å². The molecule has 6 heteroatoms. The van der Waals surface area contributed by atoms with Crippen LogP contribution in [0.1, 0.15) is 17.2 Å². The summed E-state index contributed by atoms with van der Waals surface area (Å²) in [6.45, 7) is 0.0832. The fourth-order valence-corrected chi connectivity index (χ4v) is 2.70. The molecule has 0 radical (unpaired) electrons. The first-order chi connectivity index (χ1) is 9.56. The van der Waals surface area contributed by atoms with Crippen molar-refractivity contribution in [2.24, 2.45) is 0 Å². The third-order valence-electron chi connectivity index (χ3n) is 3.02. The van der Waals surface area contributed by atoms with Crippen molar-refractivity contribution in [3.8, 4) is 11.5 Å². The van der Waals surface area contributed by atoms with Gasteiger partial charge >= 0.3 is 0 Å². The van der Waals surface area contributed by atoms with Gasteiger partial charge < -0.3 is 14.6 Å². The van der Waals surface area contributed by atoms with Gasteiger partial charge in [-0.1, -0.05) is 27.5 Å². The first-order valence-electron chi connectivity index (χ1n) is 5.78. The summed E-state index contributed by atoms with van der Waals surface area (Å²) >= 11 is 9.31.